The molecule has 2 aromatic carbocycles. The van der Waals surface area contributed by atoms with E-state index >= 15 is 0 Å². The number of hydrogen-bond acceptors (Lipinski definition) is 6. The number of benzene rings is 2. The first-order valence-electron chi connectivity index (χ1n) is 7.79. The lowest BCUT2D eigenvalue weighted by molar-refractivity contribution is -0.387. The third-order valence-corrected chi connectivity index (χ3v) is 4.72. The summed E-state index contributed by atoms with van der Waals surface area (Å²) < 4.78 is 4.95. The maximum atomic E-state index is 12.1. The zero-order chi connectivity index (χ0) is 20.1. The lowest BCUT2D eigenvalue weighted by atomic mass is 10.1. The first kappa shape index (κ1) is 20.7. The highest BCUT2D eigenvalue weighted by Crippen LogP contribution is 2.29. The summed E-state index contributed by atoms with van der Waals surface area (Å²) in [6, 6.07) is 7.59. The minimum Gasteiger partial charge on any atom is -0.452 e. The van der Waals surface area contributed by atoms with Crippen LogP contribution in [-0.4, -0.2) is 29.7 Å². The molecule has 0 saturated heterocycles. The van der Waals surface area contributed by atoms with Crippen molar-refractivity contribution in [3.05, 3.63) is 62.2 Å². The largest absolute Gasteiger partial charge is 0.452 e. The Labute approximate surface area is 165 Å². The van der Waals surface area contributed by atoms with E-state index in [9.17, 15) is 19.7 Å². The van der Waals surface area contributed by atoms with Gasteiger partial charge in [-0.15, -0.1) is 11.8 Å². The molecule has 0 heterocycles. The van der Waals surface area contributed by atoms with Gasteiger partial charge in [-0.1, -0.05) is 17.7 Å². The second-order valence-corrected chi connectivity index (χ2v) is 6.96. The number of carbonyl (C=O) groups is 2. The summed E-state index contributed by atoms with van der Waals surface area (Å²) in [4.78, 5) is 35.1. The van der Waals surface area contributed by atoms with Gasteiger partial charge in [0.15, 0.2) is 6.61 Å². The van der Waals surface area contributed by atoms with E-state index in [-0.39, 0.29) is 11.3 Å². The van der Waals surface area contributed by atoms with Gasteiger partial charge in [-0.2, -0.15) is 0 Å². The highest BCUT2D eigenvalue weighted by molar-refractivity contribution is 7.98. The van der Waals surface area contributed by atoms with Crippen molar-refractivity contribution in [2.24, 2.45) is 0 Å². The smallest absolute Gasteiger partial charge is 0.338 e. The molecule has 0 aliphatic carbocycles. The van der Waals surface area contributed by atoms with Crippen molar-refractivity contribution in [2.45, 2.75) is 18.7 Å². The molecule has 27 heavy (non-hydrogen) atoms. The van der Waals surface area contributed by atoms with E-state index in [2.05, 4.69) is 5.32 Å². The number of anilines is 1. The Bertz CT molecular complexity index is 894. The Morgan fingerprint density at radius 3 is 2.56 bits per heavy atom. The molecule has 142 valence electrons. The number of amides is 1. The van der Waals surface area contributed by atoms with Crippen LogP contribution in [-0.2, 0) is 9.53 Å². The topological polar surface area (TPSA) is 98.5 Å². The fraction of sp³-hybridized carbons (Fsp3) is 0.222. The third-order valence-electron chi connectivity index (χ3n) is 3.64. The molecular weight excluding hydrogens is 392 g/mol. The van der Waals surface area contributed by atoms with E-state index in [1.807, 2.05) is 13.0 Å². The Morgan fingerprint density at radius 1 is 1.26 bits per heavy atom. The van der Waals surface area contributed by atoms with Gasteiger partial charge in [0.05, 0.1) is 26.1 Å². The standard InChI is InChI=1S/C18H17ClN2O5S/c1-10-6-11(2)17(13(19)7-10)20-16(22)9-26-18(23)12-4-5-15(27-3)14(8-12)21(24)25/h4-8H,9H2,1-3H3,(H,20,22). The molecule has 2 rings (SSSR count). The maximum absolute atomic E-state index is 12.1. The first-order chi connectivity index (χ1) is 12.7. The van der Waals surface area contributed by atoms with Gasteiger partial charge in [0.25, 0.3) is 11.6 Å². The van der Waals surface area contributed by atoms with E-state index < -0.39 is 23.4 Å². The van der Waals surface area contributed by atoms with Gasteiger partial charge in [-0.3, -0.25) is 14.9 Å². The van der Waals surface area contributed by atoms with Gasteiger partial charge in [0, 0.05) is 6.07 Å². The minimum absolute atomic E-state index is 0.00292. The monoisotopic (exact) mass is 408 g/mol. The average molecular weight is 409 g/mol. The number of thioether (sulfide) groups is 1. The lowest BCUT2D eigenvalue weighted by Crippen LogP contribution is -2.21. The second kappa shape index (κ2) is 8.88. The van der Waals surface area contributed by atoms with Crippen LogP contribution in [0.4, 0.5) is 11.4 Å². The number of nitro groups is 1. The molecule has 0 atom stereocenters. The Kier molecular flexibility index (Phi) is 6.81. The number of carbonyl (C=O) groups excluding carboxylic acids is 2. The second-order valence-electron chi connectivity index (χ2n) is 5.71. The molecule has 0 radical (unpaired) electrons. The molecule has 0 aliphatic heterocycles. The average Bonchev–Trinajstić information content (AvgIpc) is 2.62. The minimum atomic E-state index is -0.826. The van der Waals surface area contributed by atoms with Crippen LogP contribution in [0, 0.1) is 24.0 Å². The fourth-order valence-corrected chi connectivity index (χ4v) is 3.34. The van der Waals surface area contributed by atoms with Crippen molar-refractivity contribution >= 4 is 46.6 Å². The van der Waals surface area contributed by atoms with Gasteiger partial charge in [0.1, 0.15) is 0 Å². The highest BCUT2D eigenvalue weighted by Gasteiger charge is 2.19. The molecule has 0 bridgehead atoms. The molecule has 0 unspecified atom stereocenters. The van der Waals surface area contributed by atoms with Crippen LogP contribution in [0.25, 0.3) is 0 Å². The number of nitrogens with zero attached hydrogens (tertiary/aromatic N) is 1. The van der Waals surface area contributed by atoms with Crippen molar-refractivity contribution in [3.63, 3.8) is 0 Å². The van der Waals surface area contributed by atoms with E-state index in [4.69, 9.17) is 16.3 Å². The van der Waals surface area contributed by atoms with Crippen molar-refractivity contribution in [1.82, 2.24) is 0 Å². The van der Waals surface area contributed by atoms with Gasteiger partial charge in [0.2, 0.25) is 0 Å². The number of nitrogens with one attached hydrogen (secondary N) is 1. The summed E-state index contributed by atoms with van der Waals surface area (Å²) in [5, 5.41) is 14.1. The van der Waals surface area contributed by atoms with E-state index in [0.717, 1.165) is 17.2 Å². The summed E-state index contributed by atoms with van der Waals surface area (Å²) in [6.45, 7) is 3.14. The Hall–Kier alpha value is -2.58. The quantitative estimate of drug-likeness (QED) is 0.329. The van der Waals surface area contributed by atoms with Crippen LogP contribution >= 0.6 is 23.4 Å². The summed E-state index contributed by atoms with van der Waals surface area (Å²) in [7, 11) is 0. The van der Waals surface area contributed by atoms with Crippen molar-refractivity contribution in [3.8, 4) is 0 Å². The maximum Gasteiger partial charge on any atom is 0.338 e. The predicted octanol–water partition coefficient (Wildman–Crippen LogP) is 4.38. The van der Waals surface area contributed by atoms with Crippen molar-refractivity contribution in [1.29, 1.82) is 0 Å². The van der Waals surface area contributed by atoms with Crippen molar-refractivity contribution in [2.75, 3.05) is 18.2 Å². The number of esters is 1. The SMILES string of the molecule is CSc1ccc(C(=O)OCC(=O)Nc2c(C)cc(C)cc2Cl)cc1[N+](=O)[O-]. The number of ether oxygens (including phenoxy) is 1. The molecule has 1 N–H and O–H groups in total. The molecule has 0 fully saturated rings. The van der Waals surface area contributed by atoms with Crippen LogP contribution in [0.5, 0.6) is 0 Å². The third kappa shape index (κ3) is 5.21. The molecule has 1 amide bonds. The summed E-state index contributed by atoms with van der Waals surface area (Å²) in [5.41, 5.74) is 1.99. The van der Waals surface area contributed by atoms with E-state index in [1.165, 1.54) is 23.9 Å². The number of aryl methyl sites for hydroxylation is 2. The van der Waals surface area contributed by atoms with Crippen molar-refractivity contribution < 1.29 is 19.2 Å². The van der Waals surface area contributed by atoms with Crippen LogP contribution in [0.2, 0.25) is 5.02 Å². The number of hydrogen-bond donors (Lipinski definition) is 1. The number of nitro benzene ring substituents is 1. The molecule has 0 aromatic heterocycles. The van der Waals surface area contributed by atoms with Gasteiger partial charge in [-0.05, 0) is 49.4 Å². The van der Waals surface area contributed by atoms with E-state index in [0.29, 0.717) is 15.6 Å². The van der Waals surface area contributed by atoms with Gasteiger partial charge in [-0.25, -0.2) is 4.79 Å². The predicted molar refractivity (Wildman–Crippen MR) is 105 cm³/mol. The molecule has 7 nitrogen and oxygen atoms in total. The Morgan fingerprint density at radius 2 is 1.96 bits per heavy atom. The van der Waals surface area contributed by atoms with Crippen LogP contribution in [0.15, 0.2) is 35.2 Å². The molecule has 0 spiro atoms. The summed E-state index contributed by atoms with van der Waals surface area (Å²) in [5.74, 6) is -1.39. The normalized spacial score (nSPS) is 10.4. The first-order valence-corrected chi connectivity index (χ1v) is 9.39. The van der Waals surface area contributed by atoms with Crippen LogP contribution in [0.1, 0.15) is 21.5 Å². The lowest BCUT2D eigenvalue weighted by Gasteiger charge is -2.12. The van der Waals surface area contributed by atoms with Gasteiger partial charge < -0.3 is 10.1 Å². The molecule has 0 aliphatic rings. The van der Waals surface area contributed by atoms with E-state index in [1.54, 1.807) is 19.2 Å². The summed E-state index contributed by atoms with van der Waals surface area (Å²) >= 11 is 7.32. The molecule has 9 heteroatoms. The summed E-state index contributed by atoms with van der Waals surface area (Å²) in [6.07, 6.45) is 1.70. The zero-order valence-corrected chi connectivity index (χ0v) is 16.4. The van der Waals surface area contributed by atoms with Gasteiger partial charge >= 0.3 is 5.97 Å². The fourth-order valence-electron chi connectivity index (χ4n) is 2.42. The molecule has 2 aromatic rings. The Balaban J connectivity index is 2.04. The molecular formula is C18H17ClN2O5S. The number of rotatable bonds is 6. The molecule has 0 saturated carbocycles. The van der Waals surface area contributed by atoms with Crippen LogP contribution < -0.4 is 5.32 Å². The number of halogens is 1. The highest BCUT2D eigenvalue weighted by atomic mass is 35.5. The van der Waals surface area contributed by atoms with Crippen LogP contribution in [0.3, 0.4) is 0 Å². The zero-order valence-electron chi connectivity index (χ0n) is 14.9.